The van der Waals surface area contributed by atoms with Crippen molar-refractivity contribution in [2.24, 2.45) is 5.41 Å². The molecule has 1 atom stereocenters. The van der Waals surface area contributed by atoms with Gasteiger partial charge in [-0.05, 0) is 47.7 Å². The minimum Gasteiger partial charge on any atom is -0.313 e. The fraction of sp³-hybridized carbons (Fsp3) is 0.375. The van der Waals surface area contributed by atoms with E-state index in [-0.39, 0.29) is 0 Å². The minimum absolute atomic E-state index is 0.469. The van der Waals surface area contributed by atoms with E-state index in [0.29, 0.717) is 11.5 Å². The maximum atomic E-state index is 3.49. The minimum atomic E-state index is 0.469. The third-order valence-electron chi connectivity index (χ3n) is 4.13. The number of fused-ring (bicyclic) bond motifs is 1. The highest BCUT2D eigenvalue weighted by Crippen LogP contribution is 2.54. The lowest BCUT2D eigenvalue weighted by molar-refractivity contribution is 0.391. The Bertz CT molecular complexity index is 540. The van der Waals surface area contributed by atoms with Gasteiger partial charge in [0, 0.05) is 6.04 Å². The van der Waals surface area contributed by atoms with Gasteiger partial charge < -0.3 is 5.32 Å². The molecule has 1 nitrogen and oxygen atoms in total. The highest BCUT2D eigenvalue weighted by molar-refractivity contribution is 5.83. The summed E-state index contributed by atoms with van der Waals surface area (Å²) in [6.45, 7) is 2.38. The van der Waals surface area contributed by atoms with Gasteiger partial charge in [0.2, 0.25) is 0 Å². The predicted octanol–water partition coefficient (Wildman–Crippen LogP) is 3.90. The maximum Gasteiger partial charge on any atom is 0.0372 e. The summed E-state index contributed by atoms with van der Waals surface area (Å²) < 4.78 is 0. The molecule has 1 saturated carbocycles. The molecule has 3 rings (SSSR count). The van der Waals surface area contributed by atoms with Crippen LogP contribution in [0.1, 0.15) is 31.4 Å². The van der Waals surface area contributed by atoms with Crippen LogP contribution in [0, 0.1) is 5.41 Å². The largest absolute Gasteiger partial charge is 0.313 e. The zero-order chi connectivity index (χ0) is 11.9. The van der Waals surface area contributed by atoms with Gasteiger partial charge in [-0.2, -0.15) is 0 Å². The van der Waals surface area contributed by atoms with Crippen LogP contribution in [-0.2, 0) is 0 Å². The smallest absolute Gasteiger partial charge is 0.0372 e. The van der Waals surface area contributed by atoms with Gasteiger partial charge in [0.25, 0.3) is 0 Å². The summed E-state index contributed by atoms with van der Waals surface area (Å²) >= 11 is 0. The first-order valence-electron chi connectivity index (χ1n) is 6.39. The van der Waals surface area contributed by atoms with E-state index < -0.39 is 0 Å². The van der Waals surface area contributed by atoms with Gasteiger partial charge in [-0.3, -0.25) is 0 Å². The van der Waals surface area contributed by atoms with E-state index in [1.165, 1.54) is 29.2 Å². The van der Waals surface area contributed by atoms with Crippen molar-refractivity contribution < 1.29 is 0 Å². The molecule has 1 aliphatic carbocycles. The number of benzene rings is 2. The molecule has 1 fully saturated rings. The van der Waals surface area contributed by atoms with Gasteiger partial charge in [0.05, 0.1) is 0 Å². The van der Waals surface area contributed by atoms with E-state index in [1.807, 2.05) is 0 Å². The molecule has 1 aliphatic rings. The maximum absolute atomic E-state index is 3.49. The van der Waals surface area contributed by atoms with Crippen molar-refractivity contribution in [2.75, 3.05) is 7.05 Å². The molecule has 1 N–H and O–H groups in total. The van der Waals surface area contributed by atoms with Crippen LogP contribution in [0.5, 0.6) is 0 Å². The van der Waals surface area contributed by atoms with Gasteiger partial charge in [0.1, 0.15) is 0 Å². The molecule has 2 aromatic rings. The second kappa shape index (κ2) is 3.85. The zero-order valence-corrected chi connectivity index (χ0v) is 10.5. The second-order valence-corrected chi connectivity index (χ2v) is 5.48. The Morgan fingerprint density at radius 2 is 1.76 bits per heavy atom. The summed E-state index contributed by atoms with van der Waals surface area (Å²) in [6.07, 6.45) is 2.68. The fourth-order valence-electron chi connectivity index (χ4n) is 2.79. The molecule has 0 radical (unpaired) electrons. The van der Waals surface area contributed by atoms with Crippen LogP contribution < -0.4 is 5.32 Å². The Morgan fingerprint density at radius 1 is 1.06 bits per heavy atom. The first-order chi connectivity index (χ1) is 8.23. The van der Waals surface area contributed by atoms with Crippen LogP contribution in [0.4, 0.5) is 0 Å². The second-order valence-electron chi connectivity index (χ2n) is 5.48. The molecule has 17 heavy (non-hydrogen) atoms. The molecule has 0 spiro atoms. The van der Waals surface area contributed by atoms with E-state index >= 15 is 0 Å². The highest BCUT2D eigenvalue weighted by Gasteiger charge is 2.44. The monoisotopic (exact) mass is 225 g/mol. The van der Waals surface area contributed by atoms with Crippen LogP contribution >= 0.6 is 0 Å². The van der Waals surface area contributed by atoms with Crippen molar-refractivity contribution in [2.45, 2.75) is 25.8 Å². The average Bonchev–Trinajstić information content (AvgIpc) is 3.09. The van der Waals surface area contributed by atoms with Crippen molar-refractivity contribution in [1.82, 2.24) is 5.32 Å². The van der Waals surface area contributed by atoms with Gasteiger partial charge >= 0.3 is 0 Å². The first kappa shape index (κ1) is 10.8. The number of nitrogens with one attached hydrogen (secondary N) is 1. The van der Waals surface area contributed by atoms with Crippen LogP contribution in [0.15, 0.2) is 42.5 Å². The molecule has 0 aromatic heterocycles. The number of hydrogen-bond donors (Lipinski definition) is 1. The SMILES string of the molecule is CNC(c1ccc2ccccc2c1)C1(C)CC1. The molecule has 2 aromatic carbocycles. The lowest BCUT2D eigenvalue weighted by atomic mass is 9.90. The van der Waals surface area contributed by atoms with Crippen molar-refractivity contribution >= 4 is 10.8 Å². The quantitative estimate of drug-likeness (QED) is 0.835. The van der Waals surface area contributed by atoms with E-state index in [1.54, 1.807) is 0 Å². The summed E-state index contributed by atoms with van der Waals surface area (Å²) in [7, 11) is 2.07. The van der Waals surface area contributed by atoms with Crippen molar-refractivity contribution in [3.8, 4) is 0 Å². The van der Waals surface area contributed by atoms with Crippen molar-refractivity contribution in [1.29, 1.82) is 0 Å². The highest BCUT2D eigenvalue weighted by atomic mass is 14.9. The summed E-state index contributed by atoms with van der Waals surface area (Å²) in [6, 6.07) is 15.9. The van der Waals surface area contributed by atoms with E-state index in [0.717, 1.165) is 0 Å². The number of rotatable bonds is 3. The summed E-state index contributed by atoms with van der Waals surface area (Å²) in [4.78, 5) is 0. The van der Waals surface area contributed by atoms with Crippen LogP contribution in [-0.4, -0.2) is 7.05 Å². The van der Waals surface area contributed by atoms with Crippen molar-refractivity contribution in [3.63, 3.8) is 0 Å². The topological polar surface area (TPSA) is 12.0 Å². The van der Waals surface area contributed by atoms with Gasteiger partial charge in [-0.15, -0.1) is 0 Å². The summed E-state index contributed by atoms with van der Waals surface area (Å²) in [5, 5.41) is 6.15. The fourth-order valence-corrected chi connectivity index (χ4v) is 2.79. The van der Waals surface area contributed by atoms with Crippen LogP contribution in [0.2, 0.25) is 0 Å². The van der Waals surface area contributed by atoms with Crippen molar-refractivity contribution in [3.05, 3.63) is 48.0 Å². The molecule has 0 heterocycles. The molecular weight excluding hydrogens is 206 g/mol. The molecule has 0 saturated heterocycles. The standard InChI is InChI=1S/C16H19N/c1-16(9-10-16)15(17-2)14-8-7-12-5-3-4-6-13(12)11-14/h3-8,11,15,17H,9-10H2,1-2H3. The van der Waals surface area contributed by atoms with E-state index in [2.05, 4.69) is 61.8 Å². The molecule has 0 aliphatic heterocycles. The zero-order valence-electron chi connectivity index (χ0n) is 10.5. The third kappa shape index (κ3) is 1.85. The Balaban J connectivity index is 2.04. The molecule has 1 heteroatoms. The Labute approximate surface area is 103 Å². The third-order valence-corrected chi connectivity index (χ3v) is 4.13. The van der Waals surface area contributed by atoms with Gasteiger partial charge in [0.15, 0.2) is 0 Å². The lowest BCUT2D eigenvalue weighted by Crippen LogP contribution is -2.24. The molecule has 0 bridgehead atoms. The molecule has 88 valence electrons. The van der Waals surface area contributed by atoms with Crippen LogP contribution in [0.3, 0.4) is 0 Å². The van der Waals surface area contributed by atoms with E-state index in [4.69, 9.17) is 0 Å². The normalized spacial score (nSPS) is 19.2. The Hall–Kier alpha value is -1.34. The number of hydrogen-bond acceptors (Lipinski definition) is 1. The van der Waals surface area contributed by atoms with Gasteiger partial charge in [-0.1, -0.05) is 43.3 Å². The first-order valence-corrected chi connectivity index (χ1v) is 6.39. The van der Waals surface area contributed by atoms with E-state index in [9.17, 15) is 0 Å². The summed E-state index contributed by atoms with van der Waals surface area (Å²) in [5.41, 5.74) is 1.89. The average molecular weight is 225 g/mol. The summed E-state index contributed by atoms with van der Waals surface area (Å²) in [5.74, 6) is 0. The van der Waals surface area contributed by atoms with Gasteiger partial charge in [-0.25, -0.2) is 0 Å². The molecular formula is C16H19N. The van der Waals surface area contributed by atoms with Crippen LogP contribution in [0.25, 0.3) is 10.8 Å². The lowest BCUT2D eigenvalue weighted by Gasteiger charge is -2.23. The Morgan fingerprint density at radius 3 is 2.41 bits per heavy atom. The predicted molar refractivity (Wildman–Crippen MR) is 73.1 cm³/mol. The molecule has 0 amide bonds. The Kier molecular flexibility index (Phi) is 2.44. The molecule has 1 unspecified atom stereocenters.